The van der Waals surface area contributed by atoms with Gasteiger partial charge in [-0.1, -0.05) is 11.6 Å². The van der Waals surface area contributed by atoms with Crippen molar-refractivity contribution >= 4 is 0 Å². The van der Waals surface area contributed by atoms with Crippen LogP contribution >= 0.6 is 0 Å². The molecule has 0 aliphatic heterocycles. The molecule has 0 amide bonds. The molecule has 0 radical (unpaired) electrons. The van der Waals surface area contributed by atoms with E-state index in [1.165, 1.54) is 19.3 Å². The highest BCUT2D eigenvalue weighted by Gasteiger charge is 2.51. The Hall–Kier alpha value is -1.37. The number of aryl methyl sites for hydroxylation is 1. The summed E-state index contributed by atoms with van der Waals surface area (Å²) in [6.45, 7) is 0. The van der Waals surface area contributed by atoms with Crippen LogP contribution in [0.1, 0.15) is 31.4 Å². The third-order valence-corrected chi connectivity index (χ3v) is 4.34. The van der Waals surface area contributed by atoms with Crippen molar-refractivity contribution in [3.05, 3.63) is 11.9 Å². The number of rotatable bonds is 2. The van der Waals surface area contributed by atoms with Crippen LogP contribution in [-0.4, -0.2) is 15.0 Å². The van der Waals surface area contributed by atoms with Gasteiger partial charge < -0.3 is 0 Å². The van der Waals surface area contributed by atoms with Crippen LogP contribution in [0.5, 0.6) is 0 Å². The van der Waals surface area contributed by atoms with Gasteiger partial charge in [0.25, 0.3) is 0 Å². The molecular formula is C12H16N4. The Kier molecular flexibility index (Phi) is 2.03. The predicted octanol–water partition coefficient (Wildman–Crippen LogP) is 1.69. The summed E-state index contributed by atoms with van der Waals surface area (Å²) in [4.78, 5) is 0. The van der Waals surface area contributed by atoms with Gasteiger partial charge in [-0.15, -0.1) is 5.10 Å². The molecule has 0 saturated heterocycles. The first-order valence-corrected chi connectivity index (χ1v) is 5.98. The molecule has 1 aromatic heterocycles. The lowest BCUT2D eigenvalue weighted by Crippen LogP contribution is -2.28. The topological polar surface area (TPSA) is 54.5 Å². The molecule has 84 valence electrons. The van der Waals surface area contributed by atoms with E-state index in [0.29, 0.717) is 5.92 Å². The number of nitriles is 1. The average Bonchev–Trinajstić information content (AvgIpc) is 2.94. The normalized spacial score (nSPS) is 36.5. The van der Waals surface area contributed by atoms with Crippen LogP contribution in [0.3, 0.4) is 0 Å². The molecule has 1 aromatic rings. The second-order valence-corrected chi connectivity index (χ2v) is 5.41. The zero-order chi connectivity index (χ0) is 11.2. The van der Waals surface area contributed by atoms with Crippen molar-refractivity contribution in [3.8, 4) is 6.07 Å². The third kappa shape index (κ3) is 1.35. The van der Waals surface area contributed by atoms with Gasteiger partial charge in [0.15, 0.2) is 0 Å². The molecule has 4 nitrogen and oxygen atoms in total. The van der Waals surface area contributed by atoms with Crippen LogP contribution in [-0.2, 0) is 13.5 Å². The fourth-order valence-electron chi connectivity index (χ4n) is 3.64. The molecule has 0 aromatic carbocycles. The van der Waals surface area contributed by atoms with Crippen molar-refractivity contribution in [2.75, 3.05) is 0 Å². The maximum Gasteiger partial charge on any atom is 0.0843 e. The lowest BCUT2D eigenvalue weighted by molar-refractivity contribution is 0.237. The maximum atomic E-state index is 9.50. The number of aromatic nitrogens is 3. The maximum absolute atomic E-state index is 9.50. The molecule has 0 spiro atoms. The summed E-state index contributed by atoms with van der Waals surface area (Å²) in [7, 11) is 1.87. The van der Waals surface area contributed by atoms with Crippen LogP contribution in [0, 0.1) is 28.6 Å². The summed E-state index contributed by atoms with van der Waals surface area (Å²) in [5, 5.41) is 17.6. The Bertz CT molecular complexity index is 444. The number of hydrogen-bond acceptors (Lipinski definition) is 3. The van der Waals surface area contributed by atoms with E-state index in [2.05, 4.69) is 16.4 Å². The fraction of sp³-hybridized carbons (Fsp3) is 0.750. The van der Waals surface area contributed by atoms with Crippen LogP contribution in [0.4, 0.5) is 0 Å². The van der Waals surface area contributed by atoms with Gasteiger partial charge in [-0.2, -0.15) is 5.26 Å². The first kappa shape index (κ1) is 9.83. The molecule has 4 heteroatoms. The van der Waals surface area contributed by atoms with Crippen molar-refractivity contribution < 1.29 is 0 Å². The van der Waals surface area contributed by atoms with Crippen molar-refractivity contribution in [2.24, 2.45) is 24.3 Å². The smallest absolute Gasteiger partial charge is 0.0843 e. The quantitative estimate of drug-likeness (QED) is 0.756. The molecule has 2 fully saturated rings. The Morgan fingerprint density at radius 2 is 2.50 bits per heavy atom. The number of hydrogen-bond donors (Lipinski definition) is 0. The Balaban J connectivity index is 1.85. The van der Waals surface area contributed by atoms with E-state index in [1.807, 2.05) is 13.2 Å². The van der Waals surface area contributed by atoms with Gasteiger partial charge >= 0.3 is 0 Å². The molecule has 16 heavy (non-hydrogen) atoms. The lowest BCUT2D eigenvalue weighted by Gasteiger charge is -2.30. The molecule has 2 aliphatic rings. The largest absolute Gasteiger partial charge is 0.255 e. The molecular weight excluding hydrogens is 200 g/mol. The Morgan fingerprint density at radius 3 is 3.00 bits per heavy atom. The van der Waals surface area contributed by atoms with E-state index in [0.717, 1.165) is 24.5 Å². The minimum absolute atomic E-state index is 0.140. The highest BCUT2D eigenvalue weighted by atomic mass is 15.4. The highest BCUT2D eigenvalue weighted by molar-refractivity contribution is 5.16. The van der Waals surface area contributed by atoms with Crippen LogP contribution < -0.4 is 0 Å². The van der Waals surface area contributed by atoms with Gasteiger partial charge in [0.1, 0.15) is 0 Å². The second-order valence-electron chi connectivity index (χ2n) is 5.41. The van der Waals surface area contributed by atoms with Gasteiger partial charge in [0.2, 0.25) is 0 Å². The molecule has 2 aliphatic carbocycles. The summed E-state index contributed by atoms with van der Waals surface area (Å²) < 4.78 is 1.72. The zero-order valence-corrected chi connectivity index (χ0v) is 9.56. The predicted molar refractivity (Wildman–Crippen MR) is 58.2 cm³/mol. The standard InChI is InChI=1S/C12H16N4/c1-16-7-11(14-15-16)6-12(8-13)5-9-2-3-10(12)4-9/h7,9-10H,2-6H2,1H3. The van der Waals surface area contributed by atoms with Crippen molar-refractivity contribution in [1.29, 1.82) is 5.26 Å². The second kappa shape index (κ2) is 3.31. The number of nitrogens with zero attached hydrogens (tertiary/aromatic N) is 4. The van der Waals surface area contributed by atoms with Crippen molar-refractivity contribution in [3.63, 3.8) is 0 Å². The third-order valence-electron chi connectivity index (χ3n) is 4.34. The number of fused-ring (bicyclic) bond motifs is 2. The Morgan fingerprint density at radius 1 is 1.62 bits per heavy atom. The summed E-state index contributed by atoms with van der Waals surface area (Å²) >= 11 is 0. The summed E-state index contributed by atoms with van der Waals surface area (Å²) in [6, 6.07) is 2.59. The molecule has 2 bridgehead atoms. The van der Waals surface area contributed by atoms with E-state index < -0.39 is 0 Å². The van der Waals surface area contributed by atoms with Gasteiger partial charge in [-0.25, -0.2) is 0 Å². The van der Waals surface area contributed by atoms with Gasteiger partial charge in [0, 0.05) is 19.7 Å². The van der Waals surface area contributed by atoms with Crippen LogP contribution in [0.25, 0.3) is 0 Å². The minimum Gasteiger partial charge on any atom is -0.255 e. The molecule has 3 atom stereocenters. The summed E-state index contributed by atoms with van der Waals surface area (Å²) in [6.07, 6.45) is 7.62. The van der Waals surface area contributed by atoms with Crippen LogP contribution in [0.2, 0.25) is 0 Å². The summed E-state index contributed by atoms with van der Waals surface area (Å²) in [5.74, 6) is 1.39. The van der Waals surface area contributed by atoms with E-state index in [1.54, 1.807) is 4.68 Å². The van der Waals surface area contributed by atoms with E-state index in [4.69, 9.17) is 0 Å². The molecule has 0 N–H and O–H groups in total. The van der Waals surface area contributed by atoms with Crippen molar-refractivity contribution in [1.82, 2.24) is 15.0 Å². The monoisotopic (exact) mass is 216 g/mol. The first-order valence-electron chi connectivity index (χ1n) is 5.98. The van der Waals surface area contributed by atoms with Gasteiger partial charge in [-0.3, -0.25) is 4.68 Å². The fourth-order valence-corrected chi connectivity index (χ4v) is 3.64. The van der Waals surface area contributed by atoms with Gasteiger partial charge in [-0.05, 0) is 31.1 Å². The molecule has 3 unspecified atom stereocenters. The van der Waals surface area contributed by atoms with Gasteiger partial charge in [0.05, 0.1) is 17.2 Å². The van der Waals surface area contributed by atoms with Crippen LogP contribution in [0.15, 0.2) is 6.20 Å². The zero-order valence-electron chi connectivity index (χ0n) is 9.56. The average molecular weight is 216 g/mol. The Labute approximate surface area is 95.3 Å². The minimum atomic E-state index is -0.140. The molecule has 2 saturated carbocycles. The lowest BCUT2D eigenvalue weighted by atomic mass is 9.71. The van der Waals surface area contributed by atoms with Crippen molar-refractivity contribution in [2.45, 2.75) is 32.1 Å². The molecule has 3 rings (SSSR count). The first-order chi connectivity index (χ1) is 7.72. The molecule has 1 heterocycles. The van der Waals surface area contributed by atoms with E-state index in [-0.39, 0.29) is 5.41 Å². The SMILES string of the molecule is Cn1cc(CC2(C#N)CC3CCC2C3)nn1. The summed E-state index contributed by atoms with van der Waals surface area (Å²) in [5.41, 5.74) is 0.829. The van der Waals surface area contributed by atoms with E-state index in [9.17, 15) is 5.26 Å². The highest BCUT2D eigenvalue weighted by Crippen LogP contribution is 2.56. The van der Waals surface area contributed by atoms with E-state index >= 15 is 0 Å².